The van der Waals surface area contributed by atoms with E-state index in [2.05, 4.69) is 10.6 Å². The monoisotopic (exact) mass is 455 g/mol. The molecule has 0 atom stereocenters. The van der Waals surface area contributed by atoms with Crippen LogP contribution in [0.4, 0.5) is 16.2 Å². The average Bonchev–Trinajstić information content (AvgIpc) is 2.72. The minimum absolute atomic E-state index is 0.149. The molecule has 0 spiro atoms. The van der Waals surface area contributed by atoms with Gasteiger partial charge in [-0.05, 0) is 58.0 Å². The highest BCUT2D eigenvalue weighted by Gasteiger charge is 2.18. The van der Waals surface area contributed by atoms with Crippen LogP contribution in [0.5, 0.6) is 0 Å². The second-order valence-corrected chi connectivity index (χ2v) is 8.45. The first-order valence-electron chi connectivity index (χ1n) is 10.3. The average molecular weight is 456 g/mol. The van der Waals surface area contributed by atoms with Crippen molar-refractivity contribution in [2.24, 2.45) is 0 Å². The molecule has 9 heteroatoms. The lowest BCUT2D eigenvalue weighted by Gasteiger charge is -2.19. The Morgan fingerprint density at radius 1 is 0.939 bits per heavy atom. The largest absolute Gasteiger partial charge is 0.452 e. The second kappa shape index (κ2) is 11.1. The number of amides is 3. The zero-order valence-corrected chi connectivity index (χ0v) is 19.4. The number of benzene rings is 2. The molecule has 2 aromatic carbocycles. The van der Waals surface area contributed by atoms with Gasteiger partial charge < -0.3 is 19.7 Å². The normalized spacial score (nSPS) is 10.7. The fraction of sp³-hybridized carbons (Fsp3) is 0.333. The Kier molecular flexibility index (Phi) is 8.56. The minimum Gasteiger partial charge on any atom is -0.452 e. The molecular formula is C24H29N3O6. The maximum atomic E-state index is 12.3. The Bertz CT molecular complexity index is 1010. The van der Waals surface area contributed by atoms with Crippen molar-refractivity contribution in [3.8, 4) is 0 Å². The summed E-state index contributed by atoms with van der Waals surface area (Å²) in [4.78, 5) is 49.7. The van der Waals surface area contributed by atoms with Crippen molar-refractivity contribution >= 4 is 35.3 Å². The summed E-state index contributed by atoms with van der Waals surface area (Å²) in [6.45, 7) is 6.42. The van der Waals surface area contributed by atoms with Gasteiger partial charge >= 0.3 is 12.1 Å². The van der Waals surface area contributed by atoms with Gasteiger partial charge in [0, 0.05) is 18.4 Å². The number of esters is 1. The molecule has 3 amide bonds. The first-order valence-corrected chi connectivity index (χ1v) is 10.3. The van der Waals surface area contributed by atoms with Gasteiger partial charge in [-0.1, -0.05) is 23.8 Å². The summed E-state index contributed by atoms with van der Waals surface area (Å²) in [6, 6.07) is 13.3. The Morgan fingerprint density at radius 3 is 2.24 bits per heavy atom. The van der Waals surface area contributed by atoms with E-state index in [-0.39, 0.29) is 18.0 Å². The van der Waals surface area contributed by atoms with Crippen LogP contribution in [0.15, 0.2) is 48.5 Å². The first-order chi connectivity index (χ1) is 15.4. The van der Waals surface area contributed by atoms with Crippen molar-refractivity contribution in [2.45, 2.75) is 33.3 Å². The van der Waals surface area contributed by atoms with Gasteiger partial charge in [-0.25, -0.2) is 9.59 Å². The predicted octanol–water partition coefficient (Wildman–Crippen LogP) is 3.60. The van der Waals surface area contributed by atoms with Crippen LogP contribution >= 0.6 is 0 Å². The highest BCUT2D eigenvalue weighted by Crippen LogP contribution is 2.14. The number of nitrogens with one attached hydrogen (secondary N) is 2. The number of hydrogen-bond donors (Lipinski definition) is 2. The van der Waals surface area contributed by atoms with Crippen LogP contribution < -0.4 is 10.6 Å². The van der Waals surface area contributed by atoms with Gasteiger partial charge in [-0.15, -0.1) is 0 Å². The molecule has 0 aromatic heterocycles. The van der Waals surface area contributed by atoms with E-state index in [1.54, 1.807) is 45.0 Å². The van der Waals surface area contributed by atoms with Gasteiger partial charge in [0.15, 0.2) is 6.61 Å². The molecule has 0 saturated heterocycles. The summed E-state index contributed by atoms with van der Waals surface area (Å²) < 4.78 is 10.2. The number of rotatable bonds is 7. The van der Waals surface area contributed by atoms with Gasteiger partial charge in [-0.3, -0.25) is 14.9 Å². The zero-order valence-electron chi connectivity index (χ0n) is 19.4. The van der Waals surface area contributed by atoms with Crippen molar-refractivity contribution in [3.05, 3.63) is 59.7 Å². The van der Waals surface area contributed by atoms with E-state index in [4.69, 9.17) is 9.47 Å². The third-order valence-electron chi connectivity index (χ3n) is 4.21. The first kappa shape index (κ1) is 25.4. The van der Waals surface area contributed by atoms with Gasteiger partial charge in [0.2, 0.25) is 5.91 Å². The van der Waals surface area contributed by atoms with Crippen LogP contribution in [-0.4, -0.2) is 54.6 Å². The van der Waals surface area contributed by atoms with Gasteiger partial charge in [-0.2, -0.15) is 0 Å². The maximum absolute atomic E-state index is 12.3. The van der Waals surface area contributed by atoms with E-state index in [1.165, 1.54) is 19.2 Å². The van der Waals surface area contributed by atoms with Crippen LogP contribution in [0.3, 0.4) is 0 Å². The van der Waals surface area contributed by atoms with Crippen LogP contribution in [0, 0.1) is 6.92 Å². The number of carbonyl (C=O) groups is 4. The fourth-order valence-electron chi connectivity index (χ4n) is 2.61. The van der Waals surface area contributed by atoms with Crippen molar-refractivity contribution in [1.82, 2.24) is 4.90 Å². The Hall–Kier alpha value is -3.88. The smallest absolute Gasteiger partial charge is 0.412 e. The molecule has 2 aromatic rings. The number of likely N-dealkylation sites (N-methyl/N-ethyl adjacent to an activating group) is 1. The van der Waals surface area contributed by atoms with E-state index in [1.807, 2.05) is 19.1 Å². The standard InChI is InChI=1S/C24H29N3O6/c1-16-9-11-18(12-10-16)25-20(28)14-27(5)21(29)15-32-22(30)17-7-6-8-19(13-17)26-23(31)33-24(2,3)4/h6-13H,14-15H2,1-5H3,(H,25,28)(H,26,31). The van der Waals surface area contributed by atoms with Crippen LogP contribution in [0.1, 0.15) is 36.7 Å². The van der Waals surface area contributed by atoms with E-state index in [0.717, 1.165) is 10.5 Å². The van der Waals surface area contributed by atoms with Crippen molar-refractivity contribution < 1.29 is 28.7 Å². The highest BCUT2D eigenvalue weighted by molar-refractivity contribution is 5.96. The van der Waals surface area contributed by atoms with Crippen LogP contribution in [0.25, 0.3) is 0 Å². The number of nitrogens with zero attached hydrogens (tertiary/aromatic N) is 1. The summed E-state index contributed by atoms with van der Waals surface area (Å²) in [7, 11) is 1.44. The lowest BCUT2D eigenvalue weighted by molar-refractivity contribution is -0.136. The molecule has 0 bridgehead atoms. The number of aryl methyl sites for hydroxylation is 1. The molecule has 0 aliphatic rings. The molecule has 0 aliphatic heterocycles. The van der Waals surface area contributed by atoms with Crippen LogP contribution in [0.2, 0.25) is 0 Å². The third-order valence-corrected chi connectivity index (χ3v) is 4.21. The summed E-state index contributed by atoms with van der Waals surface area (Å²) in [5.74, 6) is -1.65. The van der Waals surface area contributed by atoms with Crippen LogP contribution in [-0.2, 0) is 19.1 Å². The molecule has 0 unspecified atom stereocenters. The minimum atomic E-state index is -0.742. The second-order valence-electron chi connectivity index (χ2n) is 8.45. The molecule has 0 aliphatic carbocycles. The lowest BCUT2D eigenvalue weighted by Crippen LogP contribution is -2.37. The molecule has 0 fully saturated rings. The Balaban J connectivity index is 1.84. The van der Waals surface area contributed by atoms with Gasteiger partial charge in [0.1, 0.15) is 5.60 Å². The third kappa shape index (κ3) is 9.02. The maximum Gasteiger partial charge on any atom is 0.412 e. The molecular weight excluding hydrogens is 426 g/mol. The predicted molar refractivity (Wildman–Crippen MR) is 124 cm³/mol. The Labute approximate surface area is 193 Å². The molecule has 0 heterocycles. The van der Waals surface area contributed by atoms with Gasteiger partial charge in [0.25, 0.3) is 5.91 Å². The molecule has 0 radical (unpaired) electrons. The van der Waals surface area contributed by atoms with Crippen molar-refractivity contribution in [3.63, 3.8) is 0 Å². The highest BCUT2D eigenvalue weighted by atomic mass is 16.6. The lowest BCUT2D eigenvalue weighted by atomic mass is 10.2. The molecule has 9 nitrogen and oxygen atoms in total. The SMILES string of the molecule is Cc1ccc(NC(=O)CN(C)C(=O)COC(=O)c2cccc(NC(=O)OC(C)(C)C)c2)cc1. The number of ether oxygens (including phenoxy) is 2. The van der Waals surface area contributed by atoms with E-state index in [9.17, 15) is 19.2 Å². The van der Waals surface area contributed by atoms with E-state index in [0.29, 0.717) is 11.4 Å². The summed E-state index contributed by atoms with van der Waals surface area (Å²) in [5.41, 5.74) is 1.52. The van der Waals surface area contributed by atoms with E-state index >= 15 is 0 Å². The van der Waals surface area contributed by atoms with Crippen molar-refractivity contribution in [1.29, 1.82) is 0 Å². The van der Waals surface area contributed by atoms with Gasteiger partial charge in [0.05, 0.1) is 12.1 Å². The molecule has 2 N–H and O–H groups in total. The fourth-order valence-corrected chi connectivity index (χ4v) is 2.61. The topological polar surface area (TPSA) is 114 Å². The molecule has 176 valence electrons. The summed E-state index contributed by atoms with van der Waals surface area (Å²) in [5, 5.41) is 5.23. The number of anilines is 2. The van der Waals surface area contributed by atoms with Crippen molar-refractivity contribution in [2.75, 3.05) is 30.8 Å². The summed E-state index contributed by atoms with van der Waals surface area (Å²) in [6.07, 6.45) is -0.659. The summed E-state index contributed by atoms with van der Waals surface area (Å²) >= 11 is 0. The quantitative estimate of drug-likeness (QED) is 0.617. The molecule has 33 heavy (non-hydrogen) atoms. The Morgan fingerprint density at radius 2 is 1.61 bits per heavy atom. The molecule has 2 rings (SSSR count). The number of hydrogen-bond acceptors (Lipinski definition) is 6. The van der Waals surface area contributed by atoms with E-state index < -0.39 is 30.2 Å². The number of carbonyl (C=O) groups excluding carboxylic acids is 4. The zero-order chi connectivity index (χ0) is 24.6. The molecule has 0 saturated carbocycles.